The summed E-state index contributed by atoms with van der Waals surface area (Å²) in [5, 5.41) is 52.4. The lowest BCUT2D eigenvalue weighted by Gasteiger charge is -2.41. The molecule has 0 bridgehead atoms. The van der Waals surface area contributed by atoms with Gasteiger partial charge in [-0.3, -0.25) is 28.5 Å². The Morgan fingerprint density at radius 3 is 0.961 bits per heavy atom. The molecule has 0 saturated heterocycles. The number of ketones is 1. The Bertz CT molecular complexity index is 4690. The monoisotopic (exact) mass is 1790 g/mol. The van der Waals surface area contributed by atoms with Crippen molar-refractivity contribution >= 4 is 49.0 Å². The van der Waals surface area contributed by atoms with Crippen LogP contribution in [0.5, 0.6) is 0 Å². The summed E-state index contributed by atoms with van der Waals surface area (Å²) in [4.78, 5) is 82.4. The molecule has 3 amide bonds. The average Bonchev–Trinajstić information content (AvgIpc) is 0.787. The number of allylic oxidation sites excluding steroid dienone is 2. The van der Waals surface area contributed by atoms with Gasteiger partial charge in [-0.05, 0) is 207 Å². The van der Waals surface area contributed by atoms with Crippen LogP contribution in [0.3, 0.4) is 0 Å². The largest absolute Gasteiger partial charge is 0.469 e. The van der Waals surface area contributed by atoms with Crippen LogP contribution in [0.4, 0.5) is 26.3 Å². The molecule has 6 atom stereocenters. The number of rotatable bonds is 33. The number of Topliss-reactive ketones (excluding diaryl/α,β-unsaturated/α-hetero) is 1. The molecule has 0 unspecified atom stereocenters. The highest BCUT2D eigenvalue weighted by atomic mass is 31.2. The Labute approximate surface area is 745 Å². The maximum atomic E-state index is 13.8. The third-order valence-electron chi connectivity index (χ3n) is 23.0. The third kappa shape index (κ3) is 34.6. The molecule has 0 radical (unpaired) electrons. The zero-order chi connectivity index (χ0) is 94.4. The Kier molecular flexibility index (Phi) is 41.1. The summed E-state index contributed by atoms with van der Waals surface area (Å²) < 4.78 is 118. The molecule has 22 nitrogen and oxygen atoms in total. The normalized spacial score (nSPS) is 17.9. The first-order valence-corrected chi connectivity index (χ1v) is 45.2. The van der Waals surface area contributed by atoms with E-state index in [2.05, 4.69) is 147 Å². The van der Waals surface area contributed by atoms with Crippen LogP contribution in [0.1, 0.15) is 231 Å². The van der Waals surface area contributed by atoms with E-state index in [1.165, 1.54) is 88.1 Å². The highest BCUT2D eigenvalue weighted by Gasteiger charge is 2.42. The van der Waals surface area contributed by atoms with Gasteiger partial charge in [0.25, 0.3) is 0 Å². The van der Waals surface area contributed by atoms with Gasteiger partial charge >= 0.3 is 25.5 Å². The van der Waals surface area contributed by atoms with Gasteiger partial charge in [-0.2, -0.15) is 0 Å². The molecular formula is C98H133F6N6O16P. The van der Waals surface area contributed by atoms with Crippen molar-refractivity contribution in [1.82, 2.24) is 31.9 Å². The van der Waals surface area contributed by atoms with Crippen molar-refractivity contribution in [1.29, 1.82) is 0 Å². The van der Waals surface area contributed by atoms with Gasteiger partial charge in [-0.1, -0.05) is 146 Å². The predicted molar refractivity (Wildman–Crippen MR) is 478 cm³/mol. The number of benzene rings is 6. The average molecular weight is 1800 g/mol. The second kappa shape index (κ2) is 49.0. The number of halogens is 6. The van der Waals surface area contributed by atoms with E-state index in [0.29, 0.717) is 100 Å². The highest BCUT2D eigenvalue weighted by molar-refractivity contribution is 7.54. The van der Waals surface area contributed by atoms with Gasteiger partial charge in [0.2, 0.25) is 17.7 Å². The maximum Gasteiger partial charge on any atom is 0.341 e. The van der Waals surface area contributed by atoms with Crippen molar-refractivity contribution in [3.63, 3.8) is 0 Å². The van der Waals surface area contributed by atoms with E-state index in [1.54, 1.807) is 32.9 Å². The number of aliphatic hydroxyl groups excluding tert-OH is 3. The lowest BCUT2D eigenvalue weighted by atomic mass is 9.73. The van der Waals surface area contributed by atoms with E-state index in [0.717, 1.165) is 46.0 Å². The fourth-order valence-electron chi connectivity index (χ4n) is 16.0. The summed E-state index contributed by atoms with van der Waals surface area (Å²) in [7, 11) is -0.681. The minimum Gasteiger partial charge on any atom is -0.469 e. The van der Waals surface area contributed by atoms with E-state index in [4.69, 9.17) is 18.5 Å². The number of aliphatic hydroxyl groups is 3. The molecule has 9 rings (SSSR count). The number of carbonyl (C=O) groups excluding carboxylic acids is 7. The number of amides is 3. The van der Waals surface area contributed by atoms with Crippen molar-refractivity contribution in [2.75, 3.05) is 59.8 Å². The highest BCUT2D eigenvalue weighted by Crippen LogP contribution is 2.48. The molecule has 9 N–H and O–H groups in total. The summed E-state index contributed by atoms with van der Waals surface area (Å²) in [5.74, 6) is -6.39. The van der Waals surface area contributed by atoms with Crippen molar-refractivity contribution in [2.45, 2.75) is 269 Å². The van der Waals surface area contributed by atoms with Gasteiger partial charge in [0.15, 0.2) is 0 Å². The second-order valence-electron chi connectivity index (χ2n) is 36.0. The third-order valence-corrected chi connectivity index (χ3v) is 24.9. The van der Waals surface area contributed by atoms with Crippen molar-refractivity contribution in [3.8, 4) is 0 Å². The Balaban J connectivity index is 0.000000275. The number of hydrogen-bond donors (Lipinski definition) is 9. The number of esters is 3. The maximum absolute atomic E-state index is 13.8. The molecule has 6 aromatic carbocycles. The molecule has 3 aliphatic rings. The lowest BCUT2D eigenvalue weighted by molar-refractivity contribution is -0.138. The first kappa shape index (κ1) is 107. The summed E-state index contributed by atoms with van der Waals surface area (Å²) >= 11 is 0. The smallest absolute Gasteiger partial charge is 0.341 e. The number of carbonyl (C=O) groups is 7. The molecule has 3 saturated carbocycles. The van der Waals surface area contributed by atoms with Crippen LogP contribution in [0.25, 0.3) is 0 Å². The molecule has 0 heterocycles. The zero-order valence-corrected chi connectivity index (χ0v) is 77.6. The van der Waals surface area contributed by atoms with Crippen molar-refractivity contribution in [3.05, 3.63) is 236 Å². The van der Waals surface area contributed by atoms with E-state index >= 15 is 0 Å². The van der Waals surface area contributed by atoms with Crippen LogP contribution < -0.4 is 31.9 Å². The van der Waals surface area contributed by atoms with Gasteiger partial charge in [-0.15, -0.1) is 0 Å². The first-order chi connectivity index (χ1) is 59.6. The molecule has 3 fully saturated rings. The van der Waals surface area contributed by atoms with Crippen LogP contribution in [0, 0.1) is 34.9 Å². The van der Waals surface area contributed by atoms with Crippen LogP contribution in [0.15, 0.2) is 151 Å². The van der Waals surface area contributed by atoms with Crippen LogP contribution in [-0.2, 0) is 114 Å². The van der Waals surface area contributed by atoms with Crippen LogP contribution >= 0.6 is 7.60 Å². The van der Waals surface area contributed by atoms with Crippen LogP contribution in [0.2, 0.25) is 0 Å². The predicted octanol–water partition coefficient (Wildman–Crippen LogP) is 15.8. The minimum absolute atomic E-state index is 0.0437. The number of methoxy groups -OCH3 is 2. The van der Waals surface area contributed by atoms with Gasteiger partial charge in [0, 0.05) is 100 Å². The fourth-order valence-corrected chi connectivity index (χ4v) is 17.5. The minimum atomic E-state index is -3.27. The molecule has 3 aliphatic carbocycles. The molecule has 0 aromatic heterocycles. The summed E-state index contributed by atoms with van der Waals surface area (Å²) in [6, 6.07) is 32.4. The standard InChI is InChI=1S/C32H42F2N2O4.C31H40F2N2O4.C28H36F2N2O3.C7H15O5P/c1-6-40-30(39)17-22-10-12-32(13-11-22,25-9-7-8-24(18-25)31(3,4)5)35-20-29(38)28(36-21(2)37)16-23-14-26(33)19-27(34)15-23;1-20(36)35-27(15-22-13-25(32)18-26(33)14-22)28(37)19-34-31(11-9-21(10-12-31)16-29(38)39-5)24-8-6-7-23(17-24)30(2,3)4;1-18(33)32-25(14-19-12-22(29)16-23(30)13-19)26(35)17-31-28(10-8-24(34)9-11-28)21-7-5-6-20(15-21)27(2,3)4;1-4-11-13(9,12-5-2)6-7(8)10-3/h7-9,14-15,17-19,28-29,35,38H,6,10-13,16,20H2,1-5H3,(H,36,37);6-8,13-14,16-18,27-28,34,37H,9-12,15,19H2,1-5H3,(H,35,36);5-7,12-13,15-16,25-26,31,35H,8-11,14,17H2,1-4H3,(H,32,33);4-6H2,1-3H3/t28-,29+,32?;27-,28+,31?;25-,26+;/m000./s1. The fraction of sp³-hybridized carbons (Fsp3) is 0.520. The zero-order valence-electron chi connectivity index (χ0n) is 76.7. The molecule has 6 aromatic rings. The second-order valence-corrected chi connectivity index (χ2v) is 38.1. The SMILES string of the molecule is CC(=O)N[C@@H](Cc1cc(F)cc(F)c1)[C@H](O)CNC1(c2cccc(C(C)(C)C)c2)CCC(=O)CC1.CCOC(=O)C=C1CCC(NC[C@@H](O)[C@H](Cc2cc(F)cc(F)c2)NC(C)=O)(c2cccc(C(C)(C)C)c2)CC1.CCOP(=O)(CC(=O)OC)OCC.COC(=O)C=C1CCC(NC[C@@H](O)[C@H](Cc2cc(F)cc(F)c2)NC(C)=O)(c2cccc(C(C)(C)C)c2)CC1. The van der Waals surface area contributed by atoms with Gasteiger partial charge in [-0.25, -0.2) is 35.9 Å². The van der Waals surface area contributed by atoms with Crippen LogP contribution in [-0.4, -0.2) is 153 Å². The topological polar surface area (TPSA) is 316 Å². The van der Waals surface area contributed by atoms with E-state index in [9.17, 15) is 79.8 Å². The number of hydrogen-bond acceptors (Lipinski definition) is 19. The Morgan fingerprint density at radius 1 is 0.425 bits per heavy atom. The molecule has 127 heavy (non-hydrogen) atoms. The van der Waals surface area contributed by atoms with Gasteiger partial charge < -0.3 is 70.5 Å². The molecule has 0 aliphatic heterocycles. The lowest BCUT2D eigenvalue weighted by Crippen LogP contribution is -2.53. The quantitative estimate of drug-likeness (QED) is 0.00608. The molecule has 29 heteroatoms. The Morgan fingerprint density at radius 2 is 0.709 bits per heavy atom. The van der Waals surface area contributed by atoms with Crippen molar-refractivity contribution < 1.29 is 103 Å². The molecular weight excluding hydrogens is 1660 g/mol. The van der Waals surface area contributed by atoms with E-state index in [1.807, 2.05) is 24.3 Å². The van der Waals surface area contributed by atoms with Gasteiger partial charge in [0.1, 0.15) is 46.8 Å². The number of ether oxygens (including phenoxy) is 3. The molecule has 698 valence electrons. The summed E-state index contributed by atoms with van der Waals surface area (Å²) in [6.07, 6.45) is 7.49. The van der Waals surface area contributed by atoms with E-state index < -0.39 is 102 Å². The van der Waals surface area contributed by atoms with Crippen molar-refractivity contribution in [2.24, 2.45) is 0 Å². The number of nitrogens with one attached hydrogen (secondary N) is 6. The van der Waals surface area contributed by atoms with E-state index in [-0.39, 0.29) is 110 Å². The summed E-state index contributed by atoms with van der Waals surface area (Å²) in [6.45, 7) is 29.8. The molecule has 0 spiro atoms. The first-order valence-electron chi connectivity index (χ1n) is 43.5. The van der Waals surface area contributed by atoms with Gasteiger partial charge in [0.05, 0.1) is 70.5 Å². The summed E-state index contributed by atoms with van der Waals surface area (Å²) in [5.41, 5.74) is 8.21. The Hall–Kier alpha value is -9.22.